The second-order valence-electron chi connectivity index (χ2n) is 4.72. The lowest BCUT2D eigenvalue weighted by Gasteiger charge is -2.26. The minimum atomic E-state index is -0.333. The molecule has 1 aromatic carbocycles. The predicted molar refractivity (Wildman–Crippen MR) is 70.6 cm³/mol. The first-order valence-corrected chi connectivity index (χ1v) is 6.50. The van der Waals surface area contributed by atoms with E-state index in [1.165, 1.54) is 24.3 Å². The van der Waals surface area contributed by atoms with Crippen molar-refractivity contribution in [2.24, 2.45) is 0 Å². The number of benzene rings is 1. The number of nitrogens with one attached hydrogen (secondary N) is 1. The molecule has 0 aliphatic carbocycles. The summed E-state index contributed by atoms with van der Waals surface area (Å²) in [6, 6.07) is 5.62. The maximum absolute atomic E-state index is 12.8. The molecule has 1 fully saturated rings. The van der Waals surface area contributed by atoms with Crippen molar-refractivity contribution in [3.8, 4) is 0 Å². The van der Waals surface area contributed by atoms with Gasteiger partial charge in [-0.1, -0.05) is 0 Å². The van der Waals surface area contributed by atoms with Crippen molar-refractivity contribution in [1.29, 1.82) is 0 Å². The molecular formula is C14H19FN2O2. The van der Waals surface area contributed by atoms with Crippen molar-refractivity contribution in [2.45, 2.75) is 12.5 Å². The Labute approximate surface area is 112 Å². The van der Waals surface area contributed by atoms with Crippen LogP contribution < -0.4 is 5.32 Å². The number of hydrogen-bond acceptors (Lipinski definition) is 3. The van der Waals surface area contributed by atoms with Crippen molar-refractivity contribution in [2.75, 3.05) is 33.3 Å². The van der Waals surface area contributed by atoms with E-state index in [0.29, 0.717) is 12.1 Å². The van der Waals surface area contributed by atoms with Crippen LogP contribution in [0.4, 0.5) is 4.39 Å². The predicted octanol–water partition coefficient (Wildman–Crippen LogP) is 1.28. The molecule has 104 valence electrons. The molecule has 1 heterocycles. The summed E-state index contributed by atoms with van der Waals surface area (Å²) in [6.07, 6.45) is 0.966. The van der Waals surface area contributed by atoms with Crippen molar-refractivity contribution in [3.63, 3.8) is 0 Å². The molecule has 1 saturated heterocycles. The largest absolute Gasteiger partial charge is 0.376 e. The third kappa shape index (κ3) is 4.01. The van der Waals surface area contributed by atoms with E-state index in [4.69, 9.17) is 4.74 Å². The smallest absolute Gasteiger partial charge is 0.253 e. The minimum Gasteiger partial charge on any atom is -0.376 e. The monoisotopic (exact) mass is 266 g/mol. The number of ether oxygens (including phenoxy) is 1. The molecule has 1 aliphatic rings. The third-order valence-corrected chi connectivity index (χ3v) is 3.23. The number of nitrogens with zero attached hydrogens (tertiary/aromatic N) is 1. The van der Waals surface area contributed by atoms with Crippen LogP contribution in [0.15, 0.2) is 24.3 Å². The van der Waals surface area contributed by atoms with Crippen molar-refractivity contribution in [1.82, 2.24) is 10.2 Å². The number of rotatable bonds is 4. The molecule has 1 amide bonds. The van der Waals surface area contributed by atoms with E-state index in [2.05, 4.69) is 5.32 Å². The molecule has 0 radical (unpaired) electrons. The fourth-order valence-electron chi connectivity index (χ4n) is 2.06. The van der Waals surface area contributed by atoms with Crippen LogP contribution in [0.5, 0.6) is 0 Å². The maximum atomic E-state index is 12.8. The van der Waals surface area contributed by atoms with Crippen LogP contribution in [0.3, 0.4) is 0 Å². The quantitative estimate of drug-likeness (QED) is 0.892. The van der Waals surface area contributed by atoms with E-state index in [1.807, 2.05) is 0 Å². The van der Waals surface area contributed by atoms with Gasteiger partial charge in [-0.05, 0) is 30.7 Å². The summed E-state index contributed by atoms with van der Waals surface area (Å²) >= 11 is 0. The van der Waals surface area contributed by atoms with Crippen LogP contribution in [0, 0.1) is 5.82 Å². The van der Waals surface area contributed by atoms with E-state index in [1.54, 1.807) is 11.9 Å². The van der Waals surface area contributed by atoms with Gasteiger partial charge in [-0.15, -0.1) is 0 Å². The number of carbonyl (C=O) groups is 1. The normalized spacial score (nSPS) is 19.2. The zero-order chi connectivity index (χ0) is 13.7. The van der Waals surface area contributed by atoms with Crippen molar-refractivity contribution >= 4 is 5.91 Å². The standard InChI is InChI=1S/C14H19FN2O2/c1-17(8-6-13-10-16-7-9-19-13)14(18)11-2-4-12(15)5-3-11/h2-5,13,16H,6-10H2,1H3. The summed E-state index contributed by atoms with van der Waals surface area (Å²) in [7, 11) is 1.75. The molecule has 0 bridgehead atoms. The highest BCUT2D eigenvalue weighted by atomic mass is 19.1. The number of hydrogen-bond donors (Lipinski definition) is 1. The average Bonchev–Trinajstić information content (AvgIpc) is 2.46. The van der Waals surface area contributed by atoms with Crippen LogP contribution in [0.25, 0.3) is 0 Å². The Morgan fingerprint density at radius 3 is 2.84 bits per heavy atom. The van der Waals surface area contributed by atoms with Gasteiger partial charge in [0.2, 0.25) is 0 Å². The summed E-state index contributed by atoms with van der Waals surface area (Å²) in [5, 5.41) is 3.26. The first kappa shape index (κ1) is 14.0. The van der Waals surface area contributed by atoms with Gasteiger partial charge in [-0.3, -0.25) is 4.79 Å². The third-order valence-electron chi connectivity index (χ3n) is 3.23. The van der Waals surface area contributed by atoms with E-state index >= 15 is 0 Å². The lowest BCUT2D eigenvalue weighted by Crippen LogP contribution is -2.40. The second-order valence-corrected chi connectivity index (χ2v) is 4.72. The molecule has 2 rings (SSSR count). The topological polar surface area (TPSA) is 41.6 Å². The lowest BCUT2D eigenvalue weighted by atomic mass is 10.1. The Morgan fingerprint density at radius 1 is 1.47 bits per heavy atom. The maximum Gasteiger partial charge on any atom is 0.253 e. The van der Waals surface area contributed by atoms with Crippen LogP contribution >= 0.6 is 0 Å². The molecule has 1 aliphatic heterocycles. The van der Waals surface area contributed by atoms with Crippen LogP contribution in [-0.4, -0.2) is 50.2 Å². The van der Waals surface area contributed by atoms with Gasteiger partial charge in [-0.2, -0.15) is 0 Å². The van der Waals surface area contributed by atoms with Crippen LogP contribution in [0.1, 0.15) is 16.8 Å². The Balaban J connectivity index is 1.83. The first-order chi connectivity index (χ1) is 9.16. The zero-order valence-electron chi connectivity index (χ0n) is 11.1. The molecule has 1 aromatic rings. The number of carbonyl (C=O) groups excluding carboxylic acids is 1. The van der Waals surface area contributed by atoms with Crippen molar-refractivity contribution < 1.29 is 13.9 Å². The zero-order valence-corrected chi connectivity index (χ0v) is 11.1. The Hall–Kier alpha value is -1.46. The second kappa shape index (κ2) is 6.63. The minimum absolute atomic E-state index is 0.0937. The highest BCUT2D eigenvalue weighted by Crippen LogP contribution is 2.08. The summed E-state index contributed by atoms with van der Waals surface area (Å²) in [5.41, 5.74) is 0.506. The van der Waals surface area contributed by atoms with E-state index in [9.17, 15) is 9.18 Å². The van der Waals surface area contributed by atoms with Gasteiger partial charge in [0, 0.05) is 32.2 Å². The molecule has 4 nitrogen and oxygen atoms in total. The lowest BCUT2D eigenvalue weighted by molar-refractivity contribution is 0.0187. The molecule has 1 unspecified atom stereocenters. The SMILES string of the molecule is CN(CCC1CNCCO1)C(=O)c1ccc(F)cc1. The molecule has 5 heteroatoms. The fourth-order valence-corrected chi connectivity index (χ4v) is 2.06. The van der Waals surface area contributed by atoms with E-state index in [-0.39, 0.29) is 17.8 Å². The Morgan fingerprint density at radius 2 is 2.21 bits per heavy atom. The van der Waals surface area contributed by atoms with Gasteiger partial charge in [0.1, 0.15) is 5.82 Å². The Bertz CT molecular complexity index is 416. The van der Waals surface area contributed by atoms with Gasteiger partial charge >= 0.3 is 0 Å². The summed E-state index contributed by atoms with van der Waals surface area (Å²) in [5.74, 6) is -0.426. The Kier molecular flexibility index (Phi) is 4.87. The van der Waals surface area contributed by atoms with E-state index in [0.717, 1.165) is 26.1 Å². The molecule has 0 saturated carbocycles. The number of amides is 1. The number of morpholine rings is 1. The van der Waals surface area contributed by atoms with Gasteiger partial charge in [0.05, 0.1) is 12.7 Å². The molecule has 19 heavy (non-hydrogen) atoms. The molecule has 0 spiro atoms. The van der Waals surface area contributed by atoms with E-state index < -0.39 is 0 Å². The summed E-state index contributed by atoms with van der Waals surface area (Å²) in [6.45, 7) is 3.07. The highest BCUT2D eigenvalue weighted by Gasteiger charge is 2.16. The van der Waals surface area contributed by atoms with Gasteiger partial charge in [0.25, 0.3) is 5.91 Å². The van der Waals surface area contributed by atoms with Crippen molar-refractivity contribution in [3.05, 3.63) is 35.6 Å². The molecular weight excluding hydrogens is 247 g/mol. The summed E-state index contributed by atoms with van der Waals surface area (Å²) in [4.78, 5) is 13.7. The fraction of sp³-hybridized carbons (Fsp3) is 0.500. The highest BCUT2D eigenvalue weighted by molar-refractivity contribution is 5.93. The van der Waals surface area contributed by atoms with Crippen LogP contribution in [0.2, 0.25) is 0 Å². The van der Waals surface area contributed by atoms with Gasteiger partial charge in [-0.25, -0.2) is 4.39 Å². The molecule has 1 N–H and O–H groups in total. The number of halogens is 1. The van der Waals surface area contributed by atoms with Gasteiger partial charge < -0.3 is 15.0 Å². The molecule has 0 aromatic heterocycles. The van der Waals surface area contributed by atoms with Gasteiger partial charge in [0.15, 0.2) is 0 Å². The average molecular weight is 266 g/mol. The van der Waals surface area contributed by atoms with Crippen LogP contribution in [-0.2, 0) is 4.74 Å². The summed E-state index contributed by atoms with van der Waals surface area (Å²) < 4.78 is 18.4. The first-order valence-electron chi connectivity index (χ1n) is 6.50. The molecule has 1 atom stereocenters.